The molecule has 0 saturated carbocycles. The summed E-state index contributed by atoms with van der Waals surface area (Å²) in [5.74, 6) is 0. The first kappa shape index (κ1) is 12.3. The molecule has 0 aliphatic rings. The Morgan fingerprint density at radius 3 is 2.29 bits per heavy atom. The zero-order valence-corrected chi connectivity index (χ0v) is 10.6. The Hall–Kier alpha value is 0.260. The highest BCUT2D eigenvalue weighted by Crippen LogP contribution is 2.41. The molecule has 0 bridgehead atoms. The largest absolute Gasteiger partial charge is 0.417 e. The maximum atomic E-state index is 12.6. The first-order valence-corrected chi connectivity index (χ1v) is 5.77. The van der Waals surface area contributed by atoms with Gasteiger partial charge in [0.15, 0.2) is 0 Å². The first-order chi connectivity index (χ1) is 6.38. The number of halogens is 6. The van der Waals surface area contributed by atoms with E-state index in [4.69, 9.17) is 11.6 Å². The molecule has 0 heterocycles. The highest BCUT2D eigenvalue weighted by molar-refractivity contribution is 9.10. The summed E-state index contributed by atoms with van der Waals surface area (Å²) in [6.07, 6.45) is -4.40. The third kappa shape index (κ3) is 2.44. The van der Waals surface area contributed by atoms with E-state index in [-0.39, 0.29) is 20.4 Å². The number of alkyl halides is 4. The van der Waals surface area contributed by atoms with Crippen LogP contribution in [0, 0.1) is 0 Å². The fourth-order valence-electron chi connectivity index (χ4n) is 1.01. The summed E-state index contributed by atoms with van der Waals surface area (Å²) in [7, 11) is 0. The van der Waals surface area contributed by atoms with Crippen molar-refractivity contribution in [2.45, 2.75) is 11.5 Å². The second kappa shape index (κ2) is 4.41. The van der Waals surface area contributed by atoms with Gasteiger partial charge in [0.05, 0.1) is 10.6 Å². The second-order valence-electron chi connectivity index (χ2n) is 2.53. The highest BCUT2D eigenvalue weighted by atomic mass is 79.9. The molecule has 0 aliphatic carbocycles. The summed E-state index contributed by atoms with van der Waals surface area (Å²) >= 11 is 11.4. The number of hydrogen-bond donors (Lipinski definition) is 0. The Balaban J connectivity index is 3.44. The zero-order valence-electron chi connectivity index (χ0n) is 6.63. The Morgan fingerprint density at radius 2 is 1.86 bits per heavy atom. The van der Waals surface area contributed by atoms with Crippen LogP contribution in [0.25, 0.3) is 0 Å². The van der Waals surface area contributed by atoms with Gasteiger partial charge in [-0.05, 0) is 27.6 Å². The standard InChI is InChI=1S/C8H4Br2ClF3/c9-3-4-1-2-5(11)7(10)6(4)8(12,13)14/h1-2H,3H2. The van der Waals surface area contributed by atoms with Crippen LogP contribution >= 0.6 is 43.5 Å². The van der Waals surface area contributed by atoms with Crippen molar-refractivity contribution < 1.29 is 13.2 Å². The summed E-state index contributed by atoms with van der Waals surface area (Å²) in [5, 5.41) is 0.194. The number of benzene rings is 1. The van der Waals surface area contributed by atoms with E-state index in [9.17, 15) is 13.2 Å². The van der Waals surface area contributed by atoms with Crippen molar-refractivity contribution in [2.75, 3.05) is 0 Å². The monoisotopic (exact) mass is 350 g/mol. The highest BCUT2D eigenvalue weighted by Gasteiger charge is 2.36. The fourth-order valence-corrected chi connectivity index (χ4v) is 2.24. The van der Waals surface area contributed by atoms with E-state index in [1.807, 2.05) is 0 Å². The van der Waals surface area contributed by atoms with Gasteiger partial charge in [-0.3, -0.25) is 0 Å². The Kier molecular flexibility index (Phi) is 3.88. The van der Waals surface area contributed by atoms with Crippen molar-refractivity contribution in [3.63, 3.8) is 0 Å². The van der Waals surface area contributed by atoms with Gasteiger partial charge in [-0.1, -0.05) is 33.6 Å². The molecule has 0 amide bonds. The predicted molar refractivity (Wildman–Crippen MR) is 56.8 cm³/mol. The molecule has 14 heavy (non-hydrogen) atoms. The summed E-state index contributed by atoms with van der Waals surface area (Å²) in [4.78, 5) is 0. The summed E-state index contributed by atoms with van der Waals surface area (Å²) in [6, 6.07) is 2.78. The molecule has 6 heteroatoms. The minimum Gasteiger partial charge on any atom is -0.166 e. The van der Waals surface area contributed by atoms with Crippen LogP contribution in [0.4, 0.5) is 13.2 Å². The molecule has 1 rings (SSSR count). The molecule has 1 aromatic rings. The third-order valence-corrected chi connectivity index (χ3v) is 3.58. The third-order valence-electron chi connectivity index (χ3n) is 1.61. The van der Waals surface area contributed by atoms with Crippen molar-refractivity contribution in [1.82, 2.24) is 0 Å². The second-order valence-corrected chi connectivity index (χ2v) is 4.29. The van der Waals surface area contributed by atoms with Gasteiger partial charge in [-0.25, -0.2) is 0 Å². The van der Waals surface area contributed by atoms with Crippen LogP contribution in [0.2, 0.25) is 5.02 Å². The smallest absolute Gasteiger partial charge is 0.166 e. The molecule has 0 aliphatic heterocycles. The minimum atomic E-state index is -4.40. The van der Waals surface area contributed by atoms with Crippen LogP contribution < -0.4 is 0 Å². The fraction of sp³-hybridized carbons (Fsp3) is 0.250. The molecule has 1 aromatic carbocycles. The number of rotatable bonds is 1. The molecular formula is C8H4Br2ClF3. The van der Waals surface area contributed by atoms with E-state index < -0.39 is 11.7 Å². The van der Waals surface area contributed by atoms with Crippen LogP contribution in [0.3, 0.4) is 0 Å². The van der Waals surface area contributed by atoms with E-state index in [0.717, 1.165) is 0 Å². The maximum absolute atomic E-state index is 12.6. The van der Waals surface area contributed by atoms with Gasteiger partial charge in [0, 0.05) is 9.80 Å². The van der Waals surface area contributed by atoms with E-state index in [1.165, 1.54) is 12.1 Å². The maximum Gasteiger partial charge on any atom is 0.417 e. The van der Waals surface area contributed by atoms with Crippen LogP contribution in [-0.4, -0.2) is 0 Å². The zero-order chi connectivity index (χ0) is 10.9. The Labute approximate surface area is 101 Å². The normalized spacial score (nSPS) is 11.9. The van der Waals surface area contributed by atoms with Crippen LogP contribution in [0.5, 0.6) is 0 Å². The topological polar surface area (TPSA) is 0 Å². The Morgan fingerprint density at radius 1 is 1.29 bits per heavy atom. The molecule has 0 N–H and O–H groups in total. The molecule has 0 aromatic heterocycles. The van der Waals surface area contributed by atoms with Gasteiger partial charge in [0.1, 0.15) is 0 Å². The van der Waals surface area contributed by atoms with E-state index in [2.05, 4.69) is 31.9 Å². The molecule has 0 unspecified atom stereocenters. The first-order valence-electron chi connectivity index (χ1n) is 3.48. The lowest BCUT2D eigenvalue weighted by Gasteiger charge is -2.14. The summed E-state index contributed by atoms with van der Waals surface area (Å²) in [5.41, 5.74) is -0.560. The van der Waals surface area contributed by atoms with Gasteiger partial charge in [0.2, 0.25) is 0 Å². The molecule has 0 spiro atoms. The van der Waals surface area contributed by atoms with Crippen LogP contribution in [0.1, 0.15) is 11.1 Å². The lowest BCUT2D eigenvalue weighted by Crippen LogP contribution is -2.09. The van der Waals surface area contributed by atoms with E-state index in [1.54, 1.807) is 0 Å². The molecule has 0 atom stereocenters. The van der Waals surface area contributed by atoms with Crippen molar-refractivity contribution in [2.24, 2.45) is 0 Å². The molecule has 0 radical (unpaired) electrons. The van der Waals surface area contributed by atoms with Crippen LogP contribution in [0.15, 0.2) is 16.6 Å². The molecular weight excluding hydrogens is 348 g/mol. The average molecular weight is 352 g/mol. The van der Waals surface area contributed by atoms with Crippen LogP contribution in [-0.2, 0) is 11.5 Å². The van der Waals surface area contributed by atoms with Crippen molar-refractivity contribution in [3.05, 3.63) is 32.8 Å². The summed E-state index contributed by atoms with van der Waals surface area (Å²) in [6.45, 7) is 0. The van der Waals surface area contributed by atoms with Crippen molar-refractivity contribution in [1.29, 1.82) is 0 Å². The molecule has 0 nitrogen and oxygen atoms in total. The molecule has 0 fully saturated rings. The van der Waals surface area contributed by atoms with Crippen molar-refractivity contribution >= 4 is 43.5 Å². The quantitative estimate of drug-likeness (QED) is 0.623. The van der Waals surface area contributed by atoms with Gasteiger partial charge >= 0.3 is 6.18 Å². The lowest BCUT2D eigenvalue weighted by molar-refractivity contribution is -0.138. The minimum absolute atomic E-state index is 0.0574. The molecule has 0 saturated heterocycles. The molecule has 78 valence electrons. The summed E-state index contributed by atoms with van der Waals surface area (Å²) < 4.78 is 37.6. The van der Waals surface area contributed by atoms with Gasteiger partial charge in [-0.15, -0.1) is 0 Å². The van der Waals surface area contributed by atoms with E-state index >= 15 is 0 Å². The number of hydrogen-bond acceptors (Lipinski definition) is 0. The van der Waals surface area contributed by atoms with Gasteiger partial charge in [0.25, 0.3) is 0 Å². The van der Waals surface area contributed by atoms with E-state index in [0.29, 0.717) is 0 Å². The SMILES string of the molecule is FC(F)(F)c1c(CBr)ccc(Cl)c1Br. The Bertz CT molecular complexity index is 349. The van der Waals surface area contributed by atoms with Gasteiger partial charge in [-0.2, -0.15) is 13.2 Å². The van der Waals surface area contributed by atoms with Gasteiger partial charge < -0.3 is 0 Å². The lowest BCUT2D eigenvalue weighted by atomic mass is 10.1. The predicted octanol–water partition coefficient (Wildman–Crippen LogP) is 5.02. The average Bonchev–Trinajstić information content (AvgIpc) is 2.07. The van der Waals surface area contributed by atoms with Crippen molar-refractivity contribution in [3.8, 4) is 0 Å².